The number of carboxylic acids is 1. The molecule has 2 heterocycles. The smallest absolute Gasteiger partial charge is 0.317 e. The Labute approximate surface area is 106 Å². The Bertz CT molecular complexity index is 334. The predicted octanol–water partition coefficient (Wildman–Crippen LogP) is 0.812. The fourth-order valence-electron chi connectivity index (χ4n) is 2.63. The third-order valence-corrected chi connectivity index (χ3v) is 3.65. The molecule has 0 aromatic heterocycles. The van der Waals surface area contributed by atoms with Gasteiger partial charge in [-0.1, -0.05) is 0 Å². The summed E-state index contributed by atoms with van der Waals surface area (Å²) in [7, 11) is 1.69. The first kappa shape index (κ1) is 13.1. The zero-order valence-corrected chi connectivity index (χ0v) is 10.6. The molecular weight excluding hydrogens is 236 g/mol. The van der Waals surface area contributed by atoms with E-state index in [1.165, 1.54) is 4.90 Å². The predicted molar refractivity (Wildman–Crippen MR) is 64.3 cm³/mol. The van der Waals surface area contributed by atoms with Gasteiger partial charge in [0.2, 0.25) is 0 Å². The van der Waals surface area contributed by atoms with E-state index in [0.717, 1.165) is 19.3 Å². The van der Waals surface area contributed by atoms with Crippen molar-refractivity contribution in [2.45, 2.75) is 50.4 Å². The lowest BCUT2D eigenvalue weighted by Crippen LogP contribution is -2.47. The number of fused-ring (bicyclic) bond motifs is 2. The summed E-state index contributed by atoms with van der Waals surface area (Å²) in [6, 6.07) is -0.0142. The quantitative estimate of drug-likeness (QED) is 0.763. The van der Waals surface area contributed by atoms with Crippen molar-refractivity contribution in [1.82, 2.24) is 10.2 Å². The summed E-state index contributed by atoms with van der Waals surface area (Å²) in [5.74, 6) is -0.828. The van der Waals surface area contributed by atoms with Gasteiger partial charge in [-0.2, -0.15) is 0 Å². The molecule has 102 valence electrons. The first-order valence-electron chi connectivity index (χ1n) is 6.45. The number of rotatable bonds is 5. The van der Waals surface area contributed by atoms with Gasteiger partial charge in [-0.15, -0.1) is 0 Å². The molecule has 0 aromatic carbocycles. The van der Waals surface area contributed by atoms with Gasteiger partial charge in [-0.3, -0.25) is 4.79 Å². The second-order valence-electron chi connectivity index (χ2n) is 5.08. The number of hydrogen-bond donors (Lipinski definition) is 2. The Morgan fingerprint density at radius 3 is 2.78 bits per heavy atom. The van der Waals surface area contributed by atoms with Crippen LogP contribution in [-0.4, -0.2) is 53.8 Å². The van der Waals surface area contributed by atoms with Crippen molar-refractivity contribution >= 4 is 12.0 Å². The normalized spacial score (nSPS) is 29.3. The van der Waals surface area contributed by atoms with E-state index in [9.17, 15) is 9.59 Å². The highest BCUT2D eigenvalue weighted by Gasteiger charge is 2.41. The summed E-state index contributed by atoms with van der Waals surface area (Å²) in [5, 5.41) is 11.5. The van der Waals surface area contributed by atoms with Gasteiger partial charge in [0.25, 0.3) is 0 Å². The fourth-order valence-corrected chi connectivity index (χ4v) is 2.63. The van der Waals surface area contributed by atoms with Gasteiger partial charge in [0.05, 0.1) is 18.2 Å². The van der Waals surface area contributed by atoms with Crippen molar-refractivity contribution in [3.8, 4) is 0 Å². The molecule has 2 aliphatic heterocycles. The van der Waals surface area contributed by atoms with E-state index in [1.54, 1.807) is 7.05 Å². The van der Waals surface area contributed by atoms with E-state index in [2.05, 4.69) is 5.32 Å². The monoisotopic (exact) mass is 256 g/mol. The average Bonchev–Trinajstić information content (AvgIpc) is 2.90. The van der Waals surface area contributed by atoms with Gasteiger partial charge in [0, 0.05) is 20.0 Å². The van der Waals surface area contributed by atoms with Crippen LogP contribution in [0, 0.1) is 0 Å². The molecule has 3 unspecified atom stereocenters. The minimum Gasteiger partial charge on any atom is -0.481 e. The van der Waals surface area contributed by atoms with Crippen molar-refractivity contribution in [2.75, 3.05) is 13.6 Å². The Kier molecular flexibility index (Phi) is 4.06. The lowest BCUT2D eigenvalue weighted by atomic mass is 9.96. The van der Waals surface area contributed by atoms with Gasteiger partial charge in [0.15, 0.2) is 0 Å². The van der Waals surface area contributed by atoms with Crippen molar-refractivity contribution in [1.29, 1.82) is 0 Å². The SMILES string of the molecule is CN(CCCC(=O)O)C(=O)NC1CC2CCC1O2. The number of hydrogen-bond acceptors (Lipinski definition) is 3. The van der Waals surface area contributed by atoms with Crippen molar-refractivity contribution < 1.29 is 19.4 Å². The lowest BCUT2D eigenvalue weighted by Gasteiger charge is -2.24. The number of nitrogens with one attached hydrogen (secondary N) is 1. The summed E-state index contributed by atoms with van der Waals surface area (Å²) in [6.07, 6.45) is 4.09. The molecule has 2 saturated heterocycles. The summed E-state index contributed by atoms with van der Waals surface area (Å²) in [5.41, 5.74) is 0. The molecule has 6 nitrogen and oxygen atoms in total. The van der Waals surface area contributed by atoms with Crippen LogP contribution in [0.5, 0.6) is 0 Å². The van der Waals surface area contributed by atoms with E-state index in [-0.39, 0.29) is 24.6 Å². The first-order valence-corrected chi connectivity index (χ1v) is 6.45. The number of aliphatic carboxylic acids is 1. The van der Waals surface area contributed by atoms with Crippen LogP contribution in [0.25, 0.3) is 0 Å². The molecule has 0 spiro atoms. The van der Waals surface area contributed by atoms with Crippen LogP contribution in [0.1, 0.15) is 32.1 Å². The molecule has 0 saturated carbocycles. The third kappa shape index (κ3) is 3.13. The molecule has 2 fully saturated rings. The Balaban J connectivity index is 1.69. The molecule has 0 radical (unpaired) electrons. The average molecular weight is 256 g/mol. The Morgan fingerprint density at radius 1 is 1.44 bits per heavy atom. The number of ether oxygens (including phenoxy) is 1. The van der Waals surface area contributed by atoms with Crippen molar-refractivity contribution in [3.63, 3.8) is 0 Å². The number of carbonyl (C=O) groups excluding carboxylic acids is 1. The van der Waals surface area contributed by atoms with Crippen LogP contribution in [-0.2, 0) is 9.53 Å². The second kappa shape index (κ2) is 5.56. The maximum absolute atomic E-state index is 11.9. The Hall–Kier alpha value is -1.30. The van der Waals surface area contributed by atoms with E-state index in [4.69, 9.17) is 9.84 Å². The molecule has 2 aliphatic rings. The minimum atomic E-state index is -0.828. The first-order chi connectivity index (χ1) is 8.56. The fraction of sp³-hybridized carbons (Fsp3) is 0.833. The molecule has 2 bridgehead atoms. The van der Waals surface area contributed by atoms with Crippen LogP contribution in [0.2, 0.25) is 0 Å². The molecule has 2 amide bonds. The highest BCUT2D eigenvalue weighted by molar-refractivity contribution is 5.74. The molecule has 2 N–H and O–H groups in total. The summed E-state index contributed by atoms with van der Waals surface area (Å²) < 4.78 is 5.67. The van der Waals surface area contributed by atoms with Gasteiger partial charge in [-0.25, -0.2) is 4.79 Å². The zero-order chi connectivity index (χ0) is 13.1. The van der Waals surface area contributed by atoms with Gasteiger partial charge in [-0.05, 0) is 25.7 Å². The summed E-state index contributed by atoms with van der Waals surface area (Å²) in [4.78, 5) is 23.8. The molecule has 3 atom stereocenters. The second-order valence-corrected chi connectivity index (χ2v) is 5.08. The standard InChI is InChI=1S/C12H20N2O4/c1-14(6-2-3-11(15)16)12(17)13-9-7-8-4-5-10(9)18-8/h8-10H,2-7H2,1H3,(H,13,17)(H,15,16). The van der Waals surface area contributed by atoms with Gasteiger partial charge >= 0.3 is 12.0 Å². The molecule has 18 heavy (non-hydrogen) atoms. The maximum atomic E-state index is 11.9. The van der Waals surface area contributed by atoms with Crippen molar-refractivity contribution in [2.24, 2.45) is 0 Å². The Morgan fingerprint density at radius 2 is 2.22 bits per heavy atom. The van der Waals surface area contributed by atoms with Crippen LogP contribution in [0.4, 0.5) is 4.79 Å². The number of urea groups is 1. The summed E-state index contributed by atoms with van der Waals surface area (Å²) >= 11 is 0. The van der Waals surface area contributed by atoms with Crippen molar-refractivity contribution in [3.05, 3.63) is 0 Å². The molecule has 0 aliphatic carbocycles. The lowest BCUT2D eigenvalue weighted by molar-refractivity contribution is -0.137. The van der Waals surface area contributed by atoms with Gasteiger partial charge in [0.1, 0.15) is 0 Å². The van der Waals surface area contributed by atoms with E-state index >= 15 is 0 Å². The molecule has 0 aromatic rings. The van der Waals surface area contributed by atoms with Gasteiger partial charge < -0.3 is 20.1 Å². The van der Waals surface area contributed by atoms with Crippen LogP contribution < -0.4 is 5.32 Å². The van der Waals surface area contributed by atoms with E-state index < -0.39 is 5.97 Å². The maximum Gasteiger partial charge on any atom is 0.317 e. The molecule has 2 rings (SSSR count). The minimum absolute atomic E-state index is 0.0921. The van der Waals surface area contributed by atoms with Crippen LogP contribution >= 0.6 is 0 Å². The zero-order valence-electron chi connectivity index (χ0n) is 10.6. The van der Waals surface area contributed by atoms with Crippen LogP contribution in [0.15, 0.2) is 0 Å². The van der Waals surface area contributed by atoms with Crippen LogP contribution in [0.3, 0.4) is 0 Å². The van der Waals surface area contributed by atoms with E-state index in [1.807, 2.05) is 0 Å². The summed E-state index contributed by atoms with van der Waals surface area (Å²) in [6.45, 7) is 0.458. The molecule has 6 heteroatoms. The number of carbonyl (C=O) groups is 2. The third-order valence-electron chi connectivity index (χ3n) is 3.65. The van der Waals surface area contributed by atoms with E-state index in [0.29, 0.717) is 19.1 Å². The topological polar surface area (TPSA) is 78.9 Å². The molecular formula is C12H20N2O4. The number of carboxylic acid groups (broad SMARTS) is 1. The number of nitrogens with zero attached hydrogens (tertiary/aromatic N) is 1. The number of amides is 2. The highest BCUT2D eigenvalue weighted by atomic mass is 16.5. The largest absolute Gasteiger partial charge is 0.481 e. The highest BCUT2D eigenvalue weighted by Crippen LogP contribution is 2.34.